The Morgan fingerprint density at radius 3 is 2.75 bits per heavy atom. The molecule has 0 aliphatic heterocycles. The van der Waals surface area contributed by atoms with Crippen LogP contribution in [0.5, 0.6) is 0 Å². The van der Waals surface area contributed by atoms with E-state index < -0.39 is 0 Å². The van der Waals surface area contributed by atoms with Crippen LogP contribution < -0.4 is 0 Å². The summed E-state index contributed by atoms with van der Waals surface area (Å²) in [5.74, 6) is 0.899. The first-order chi connectivity index (χ1) is 7.70. The third-order valence-corrected chi connectivity index (χ3v) is 2.97. The van der Waals surface area contributed by atoms with Gasteiger partial charge in [0.2, 0.25) is 0 Å². The minimum Gasteiger partial charge on any atom is -0.241 e. The summed E-state index contributed by atoms with van der Waals surface area (Å²) in [6, 6.07) is 8.19. The highest BCUT2D eigenvalue weighted by Crippen LogP contribution is 2.24. The predicted octanol–water partition coefficient (Wildman–Crippen LogP) is 3.78. The van der Waals surface area contributed by atoms with Crippen LogP contribution in [0, 0.1) is 6.92 Å². The molecule has 2 rings (SSSR count). The lowest BCUT2D eigenvalue weighted by Crippen LogP contribution is -1.97. The van der Waals surface area contributed by atoms with Crippen LogP contribution in [0.15, 0.2) is 34.9 Å². The lowest BCUT2D eigenvalue weighted by Gasteiger charge is -2.06. The summed E-state index contributed by atoms with van der Waals surface area (Å²) in [6.45, 7) is 4.09. The summed E-state index contributed by atoms with van der Waals surface area (Å²) in [6.07, 6.45) is 2.78. The van der Waals surface area contributed by atoms with Crippen LogP contribution in [-0.2, 0) is 6.42 Å². The fraction of sp³-hybridized carbons (Fsp3) is 0.231. The molecule has 0 amide bonds. The third kappa shape index (κ3) is 2.30. The van der Waals surface area contributed by atoms with Crippen LogP contribution >= 0.6 is 15.9 Å². The lowest BCUT2D eigenvalue weighted by molar-refractivity contribution is 0.920. The fourth-order valence-electron chi connectivity index (χ4n) is 1.62. The van der Waals surface area contributed by atoms with Crippen LogP contribution in [0.4, 0.5) is 0 Å². The van der Waals surface area contributed by atoms with E-state index in [0.29, 0.717) is 0 Å². The fourth-order valence-corrected chi connectivity index (χ4v) is 2.02. The van der Waals surface area contributed by atoms with E-state index in [2.05, 4.69) is 45.0 Å². The van der Waals surface area contributed by atoms with Crippen LogP contribution in [-0.4, -0.2) is 9.97 Å². The van der Waals surface area contributed by atoms with E-state index in [1.54, 1.807) is 0 Å². The lowest BCUT2D eigenvalue weighted by atomic mass is 10.1. The average Bonchev–Trinajstić information content (AvgIpc) is 2.28. The molecule has 16 heavy (non-hydrogen) atoms. The Balaban J connectivity index is 2.48. The summed E-state index contributed by atoms with van der Waals surface area (Å²) in [5.41, 5.74) is 3.28. The van der Waals surface area contributed by atoms with Gasteiger partial charge in [0.05, 0.1) is 0 Å². The van der Waals surface area contributed by atoms with Gasteiger partial charge in [0, 0.05) is 28.3 Å². The number of rotatable bonds is 2. The van der Waals surface area contributed by atoms with Gasteiger partial charge in [-0.25, -0.2) is 9.97 Å². The Kier molecular flexibility index (Phi) is 3.34. The first-order valence-electron chi connectivity index (χ1n) is 5.29. The second kappa shape index (κ2) is 4.74. The molecule has 0 saturated heterocycles. The van der Waals surface area contributed by atoms with Crippen LogP contribution in [0.1, 0.15) is 18.4 Å². The first-order valence-corrected chi connectivity index (χ1v) is 6.08. The van der Waals surface area contributed by atoms with Crippen LogP contribution in [0.3, 0.4) is 0 Å². The van der Waals surface area contributed by atoms with Gasteiger partial charge < -0.3 is 0 Å². The summed E-state index contributed by atoms with van der Waals surface area (Å²) >= 11 is 3.47. The number of aryl methyl sites for hydroxylation is 2. The van der Waals surface area contributed by atoms with Gasteiger partial charge in [-0.15, -0.1) is 0 Å². The second-order valence-corrected chi connectivity index (χ2v) is 4.56. The predicted molar refractivity (Wildman–Crippen MR) is 69.3 cm³/mol. The number of hydrogen-bond acceptors (Lipinski definition) is 2. The SMILES string of the molecule is CCc1ncc(-c2cccc(Br)c2)c(C)n1. The third-order valence-electron chi connectivity index (χ3n) is 2.48. The van der Waals surface area contributed by atoms with E-state index in [9.17, 15) is 0 Å². The molecule has 1 heterocycles. The minimum atomic E-state index is 0.875. The van der Waals surface area contributed by atoms with E-state index in [-0.39, 0.29) is 0 Å². The molecular formula is C13H13BrN2. The maximum absolute atomic E-state index is 4.47. The van der Waals surface area contributed by atoms with Gasteiger partial charge in [0.15, 0.2) is 0 Å². The van der Waals surface area contributed by atoms with Gasteiger partial charge in [-0.2, -0.15) is 0 Å². The molecule has 3 heteroatoms. The summed E-state index contributed by atoms with van der Waals surface area (Å²) in [5, 5.41) is 0. The van der Waals surface area contributed by atoms with Crippen molar-refractivity contribution in [1.82, 2.24) is 9.97 Å². The van der Waals surface area contributed by atoms with Crippen molar-refractivity contribution in [2.24, 2.45) is 0 Å². The molecule has 1 aromatic carbocycles. The number of hydrogen-bond donors (Lipinski definition) is 0. The van der Waals surface area contributed by atoms with Crippen molar-refractivity contribution in [3.8, 4) is 11.1 Å². The van der Waals surface area contributed by atoms with E-state index >= 15 is 0 Å². The van der Waals surface area contributed by atoms with Gasteiger partial charge in [0.1, 0.15) is 5.82 Å². The minimum absolute atomic E-state index is 0.875. The number of benzene rings is 1. The van der Waals surface area contributed by atoms with E-state index in [0.717, 1.165) is 33.5 Å². The van der Waals surface area contributed by atoms with E-state index in [4.69, 9.17) is 0 Å². The molecule has 2 aromatic rings. The highest BCUT2D eigenvalue weighted by molar-refractivity contribution is 9.10. The molecule has 0 saturated carbocycles. The monoisotopic (exact) mass is 276 g/mol. The molecule has 82 valence electrons. The summed E-state index contributed by atoms with van der Waals surface area (Å²) in [7, 11) is 0. The topological polar surface area (TPSA) is 25.8 Å². The van der Waals surface area contributed by atoms with E-state index in [1.165, 1.54) is 0 Å². The first kappa shape index (κ1) is 11.3. The van der Waals surface area contributed by atoms with Crippen molar-refractivity contribution in [1.29, 1.82) is 0 Å². The smallest absolute Gasteiger partial charge is 0.128 e. The molecule has 0 spiro atoms. The molecular weight excluding hydrogens is 264 g/mol. The zero-order valence-electron chi connectivity index (χ0n) is 9.37. The Morgan fingerprint density at radius 2 is 2.12 bits per heavy atom. The Labute approximate surface area is 104 Å². The zero-order valence-corrected chi connectivity index (χ0v) is 11.0. The maximum Gasteiger partial charge on any atom is 0.128 e. The molecule has 0 aliphatic rings. The van der Waals surface area contributed by atoms with Gasteiger partial charge in [-0.05, 0) is 24.6 Å². The largest absolute Gasteiger partial charge is 0.241 e. The van der Waals surface area contributed by atoms with Crippen molar-refractivity contribution in [3.05, 3.63) is 46.5 Å². The average molecular weight is 277 g/mol. The van der Waals surface area contributed by atoms with Gasteiger partial charge in [-0.3, -0.25) is 0 Å². The Hall–Kier alpha value is -1.22. The summed E-state index contributed by atoms with van der Waals surface area (Å²) < 4.78 is 1.07. The normalized spacial score (nSPS) is 10.4. The maximum atomic E-state index is 4.47. The van der Waals surface area contributed by atoms with Gasteiger partial charge >= 0.3 is 0 Å². The molecule has 0 fully saturated rings. The molecule has 0 bridgehead atoms. The van der Waals surface area contributed by atoms with Crippen molar-refractivity contribution in [3.63, 3.8) is 0 Å². The molecule has 2 nitrogen and oxygen atoms in total. The molecule has 0 atom stereocenters. The highest BCUT2D eigenvalue weighted by atomic mass is 79.9. The highest BCUT2D eigenvalue weighted by Gasteiger charge is 2.05. The molecule has 0 N–H and O–H groups in total. The van der Waals surface area contributed by atoms with Crippen molar-refractivity contribution >= 4 is 15.9 Å². The Bertz CT molecular complexity index is 509. The van der Waals surface area contributed by atoms with Crippen molar-refractivity contribution in [2.75, 3.05) is 0 Å². The molecule has 1 aromatic heterocycles. The quantitative estimate of drug-likeness (QED) is 0.834. The zero-order chi connectivity index (χ0) is 11.5. The molecule has 0 radical (unpaired) electrons. The number of aromatic nitrogens is 2. The molecule has 0 unspecified atom stereocenters. The van der Waals surface area contributed by atoms with Gasteiger partial charge in [0.25, 0.3) is 0 Å². The van der Waals surface area contributed by atoms with Crippen molar-refractivity contribution < 1.29 is 0 Å². The summed E-state index contributed by atoms with van der Waals surface area (Å²) in [4.78, 5) is 8.81. The Morgan fingerprint density at radius 1 is 1.31 bits per heavy atom. The van der Waals surface area contributed by atoms with Crippen LogP contribution in [0.25, 0.3) is 11.1 Å². The molecule has 0 aliphatic carbocycles. The van der Waals surface area contributed by atoms with E-state index in [1.807, 2.05) is 25.3 Å². The van der Waals surface area contributed by atoms with Crippen molar-refractivity contribution in [2.45, 2.75) is 20.3 Å². The number of halogens is 1. The second-order valence-electron chi connectivity index (χ2n) is 3.65. The number of nitrogens with zero attached hydrogens (tertiary/aromatic N) is 2. The van der Waals surface area contributed by atoms with Gasteiger partial charge in [-0.1, -0.05) is 35.0 Å². The standard InChI is InChI=1S/C13H13BrN2/c1-3-13-15-8-12(9(2)16-13)10-5-4-6-11(14)7-10/h4-8H,3H2,1-2H3. The van der Waals surface area contributed by atoms with Crippen LogP contribution in [0.2, 0.25) is 0 Å².